The molecule has 0 spiro atoms. The summed E-state index contributed by atoms with van der Waals surface area (Å²) in [5.74, 6) is 0.852. The van der Waals surface area contributed by atoms with Crippen LogP contribution in [0.4, 0.5) is 0 Å². The quantitative estimate of drug-likeness (QED) is 0.247. The van der Waals surface area contributed by atoms with Crippen LogP contribution in [0.2, 0.25) is 0 Å². The van der Waals surface area contributed by atoms with Gasteiger partial charge in [-0.15, -0.1) is 35.3 Å². The fraction of sp³-hybridized carbons (Fsp3) is 0.750. The summed E-state index contributed by atoms with van der Waals surface area (Å²) in [5.41, 5.74) is 0. The van der Waals surface area contributed by atoms with Crippen molar-refractivity contribution in [2.45, 2.75) is 46.6 Å². The van der Waals surface area contributed by atoms with E-state index in [4.69, 9.17) is 0 Å². The third kappa shape index (κ3) is 10.1. The monoisotopic (exact) mass is 453 g/mol. The van der Waals surface area contributed by atoms with E-state index < -0.39 is 0 Å². The molecular formula is C16H32IN5S. The number of aromatic nitrogens is 1. The maximum atomic E-state index is 4.35. The Labute approximate surface area is 162 Å². The Bertz CT molecular complexity index is 430. The maximum Gasteiger partial charge on any atom is 0.191 e. The van der Waals surface area contributed by atoms with E-state index in [0.717, 1.165) is 37.0 Å². The fourth-order valence-electron chi connectivity index (χ4n) is 2.34. The van der Waals surface area contributed by atoms with Gasteiger partial charge in [0.2, 0.25) is 0 Å². The van der Waals surface area contributed by atoms with Gasteiger partial charge in [0, 0.05) is 24.7 Å². The van der Waals surface area contributed by atoms with Crippen LogP contribution in [0, 0.1) is 6.92 Å². The minimum atomic E-state index is 0. The summed E-state index contributed by atoms with van der Waals surface area (Å²) >= 11 is 1.72. The first-order valence-electron chi connectivity index (χ1n) is 8.27. The molecule has 0 saturated heterocycles. The molecule has 0 aliphatic carbocycles. The second-order valence-electron chi connectivity index (χ2n) is 5.41. The molecule has 0 saturated carbocycles. The van der Waals surface area contributed by atoms with Crippen molar-refractivity contribution in [3.8, 4) is 0 Å². The highest BCUT2D eigenvalue weighted by Gasteiger charge is 2.03. The Hall–Kier alpha value is -0.410. The fourth-order valence-corrected chi connectivity index (χ4v) is 3.07. The van der Waals surface area contributed by atoms with Gasteiger partial charge in [-0.05, 0) is 45.8 Å². The average molecular weight is 453 g/mol. The molecule has 0 fully saturated rings. The molecule has 2 N–H and O–H groups in total. The lowest BCUT2D eigenvalue weighted by atomic mass is 10.3. The molecular weight excluding hydrogens is 421 g/mol. The third-order valence-electron chi connectivity index (χ3n) is 3.32. The number of hydrogen-bond acceptors (Lipinski definition) is 4. The highest BCUT2D eigenvalue weighted by Crippen LogP contribution is 2.10. The number of aliphatic imine (C=N–C) groups is 1. The van der Waals surface area contributed by atoms with E-state index in [0.29, 0.717) is 0 Å². The van der Waals surface area contributed by atoms with E-state index in [2.05, 4.69) is 46.3 Å². The van der Waals surface area contributed by atoms with Crippen molar-refractivity contribution in [2.75, 3.05) is 33.2 Å². The number of hydrogen-bond donors (Lipinski definition) is 2. The number of guanidine groups is 1. The Morgan fingerprint density at radius 2 is 1.91 bits per heavy atom. The molecule has 5 nitrogen and oxygen atoms in total. The van der Waals surface area contributed by atoms with E-state index in [9.17, 15) is 0 Å². The van der Waals surface area contributed by atoms with Crippen molar-refractivity contribution in [3.05, 3.63) is 16.1 Å². The zero-order chi connectivity index (χ0) is 16.2. The van der Waals surface area contributed by atoms with Crippen molar-refractivity contribution < 1.29 is 0 Å². The third-order valence-corrected chi connectivity index (χ3v) is 4.24. The summed E-state index contributed by atoms with van der Waals surface area (Å²) in [6.07, 6.45) is 5.50. The van der Waals surface area contributed by atoms with Gasteiger partial charge in [0.15, 0.2) is 5.96 Å². The molecule has 0 bridgehead atoms. The number of halogens is 1. The smallest absolute Gasteiger partial charge is 0.191 e. The SMILES string of the molecule is CCCN(CCC)CCCNC(=NC)NCc1ncc(C)s1.I. The van der Waals surface area contributed by atoms with Gasteiger partial charge in [0.05, 0.1) is 6.54 Å². The van der Waals surface area contributed by atoms with Crippen molar-refractivity contribution in [2.24, 2.45) is 4.99 Å². The minimum absolute atomic E-state index is 0. The minimum Gasteiger partial charge on any atom is -0.356 e. The molecule has 0 aliphatic rings. The normalized spacial score (nSPS) is 11.4. The zero-order valence-corrected chi connectivity index (χ0v) is 18.0. The van der Waals surface area contributed by atoms with Gasteiger partial charge in [-0.3, -0.25) is 4.99 Å². The number of thiazole rings is 1. The topological polar surface area (TPSA) is 52.5 Å². The van der Waals surface area contributed by atoms with Gasteiger partial charge in [-0.25, -0.2) is 4.98 Å². The summed E-state index contributed by atoms with van der Waals surface area (Å²) in [5, 5.41) is 7.78. The van der Waals surface area contributed by atoms with Crippen LogP contribution in [0.3, 0.4) is 0 Å². The molecule has 1 heterocycles. The summed E-state index contributed by atoms with van der Waals surface area (Å²) in [6.45, 7) is 11.8. The zero-order valence-electron chi connectivity index (χ0n) is 14.9. The van der Waals surface area contributed by atoms with Crippen LogP contribution in [-0.2, 0) is 6.54 Å². The second kappa shape index (κ2) is 14.0. The van der Waals surface area contributed by atoms with Crippen LogP contribution < -0.4 is 10.6 Å². The van der Waals surface area contributed by atoms with Gasteiger partial charge in [0.25, 0.3) is 0 Å². The number of aryl methyl sites for hydroxylation is 1. The highest BCUT2D eigenvalue weighted by atomic mass is 127. The molecule has 23 heavy (non-hydrogen) atoms. The van der Waals surface area contributed by atoms with Crippen LogP contribution in [0.1, 0.15) is 43.0 Å². The van der Waals surface area contributed by atoms with E-state index in [1.165, 1.54) is 30.8 Å². The summed E-state index contributed by atoms with van der Waals surface area (Å²) in [7, 11) is 1.81. The van der Waals surface area contributed by atoms with Gasteiger partial charge < -0.3 is 15.5 Å². The molecule has 0 radical (unpaired) electrons. The van der Waals surface area contributed by atoms with Gasteiger partial charge in [-0.2, -0.15) is 0 Å². The predicted molar refractivity (Wildman–Crippen MR) is 112 cm³/mol. The number of nitrogens with one attached hydrogen (secondary N) is 2. The molecule has 7 heteroatoms. The standard InChI is InChI=1S/C16H31N5S.HI/c1-5-9-21(10-6-2)11-7-8-18-16(17-4)20-13-15-19-12-14(3)22-15;/h12H,5-11,13H2,1-4H3,(H2,17,18,20);1H. The number of rotatable bonds is 10. The lowest BCUT2D eigenvalue weighted by molar-refractivity contribution is 0.271. The van der Waals surface area contributed by atoms with Crippen LogP contribution in [0.25, 0.3) is 0 Å². The van der Waals surface area contributed by atoms with E-state index in [1.54, 1.807) is 11.3 Å². The van der Waals surface area contributed by atoms with E-state index in [1.807, 2.05) is 13.2 Å². The predicted octanol–water partition coefficient (Wildman–Crippen LogP) is 3.25. The van der Waals surface area contributed by atoms with Crippen molar-refractivity contribution in [1.29, 1.82) is 0 Å². The molecule has 0 amide bonds. The van der Waals surface area contributed by atoms with Crippen molar-refractivity contribution in [3.63, 3.8) is 0 Å². The van der Waals surface area contributed by atoms with Crippen LogP contribution in [0.15, 0.2) is 11.2 Å². The maximum absolute atomic E-state index is 4.35. The largest absolute Gasteiger partial charge is 0.356 e. The van der Waals surface area contributed by atoms with E-state index in [-0.39, 0.29) is 24.0 Å². The second-order valence-corrected chi connectivity index (χ2v) is 6.73. The summed E-state index contributed by atoms with van der Waals surface area (Å²) < 4.78 is 0. The van der Waals surface area contributed by atoms with Gasteiger partial charge in [-0.1, -0.05) is 13.8 Å². The van der Waals surface area contributed by atoms with Crippen LogP contribution >= 0.6 is 35.3 Å². The van der Waals surface area contributed by atoms with E-state index >= 15 is 0 Å². The first-order chi connectivity index (χ1) is 10.7. The van der Waals surface area contributed by atoms with Gasteiger partial charge in [0.1, 0.15) is 5.01 Å². The first kappa shape index (κ1) is 22.6. The molecule has 134 valence electrons. The summed E-state index contributed by atoms with van der Waals surface area (Å²) in [6, 6.07) is 0. The molecule has 1 rings (SSSR count). The molecule has 0 unspecified atom stereocenters. The lowest BCUT2D eigenvalue weighted by Gasteiger charge is -2.21. The first-order valence-corrected chi connectivity index (χ1v) is 9.09. The van der Waals surface area contributed by atoms with Crippen LogP contribution in [-0.4, -0.2) is 49.1 Å². The molecule has 1 aromatic heterocycles. The van der Waals surface area contributed by atoms with Gasteiger partial charge >= 0.3 is 0 Å². The molecule has 1 aromatic rings. The van der Waals surface area contributed by atoms with Crippen molar-refractivity contribution in [1.82, 2.24) is 20.5 Å². The number of nitrogens with zero attached hydrogens (tertiary/aromatic N) is 3. The molecule has 0 aromatic carbocycles. The highest BCUT2D eigenvalue weighted by molar-refractivity contribution is 14.0. The molecule has 0 aliphatic heterocycles. The summed E-state index contributed by atoms with van der Waals surface area (Å²) in [4.78, 5) is 12.4. The Morgan fingerprint density at radius 3 is 2.43 bits per heavy atom. The average Bonchev–Trinajstić information content (AvgIpc) is 2.92. The Morgan fingerprint density at radius 1 is 1.22 bits per heavy atom. The molecule has 0 atom stereocenters. The Balaban J connectivity index is 0.00000484. The van der Waals surface area contributed by atoms with Crippen molar-refractivity contribution >= 4 is 41.3 Å². The van der Waals surface area contributed by atoms with Crippen LogP contribution in [0.5, 0.6) is 0 Å². The lowest BCUT2D eigenvalue weighted by Crippen LogP contribution is -2.38. The Kier molecular flexibility index (Phi) is 13.7.